The molecule has 0 fully saturated rings. The number of rotatable bonds is 3. The van der Waals surface area contributed by atoms with Crippen LogP contribution >= 0.6 is 0 Å². The zero-order chi connectivity index (χ0) is 15.1. The van der Waals surface area contributed by atoms with E-state index in [1.165, 1.54) is 11.1 Å². The fourth-order valence-electron chi connectivity index (χ4n) is 2.02. The second-order valence-electron chi connectivity index (χ2n) is 5.43. The Labute approximate surface area is 127 Å². The van der Waals surface area contributed by atoms with Gasteiger partial charge in [-0.15, -0.1) is 0 Å². The van der Waals surface area contributed by atoms with E-state index in [4.69, 9.17) is 5.26 Å². The molecule has 2 aromatic carbocycles. The summed E-state index contributed by atoms with van der Waals surface area (Å²) in [4.78, 5) is 0. The van der Waals surface area contributed by atoms with Crippen LogP contribution in [0.4, 0.5) is 0 Å². The molecule has 0 saturated carbocycles. The van der Waals surface area contributed by atoms with Crippen LogP contribution in [0.2, 0.25) is 0 Å². The third-order valence-corrected chi connectivity index (χ3v) is 3.24. The minimum atomic E-state index is 0.404. The molecule has 0 amide bonds. The first-order valence-electron chi connectivity index (χ1n) is 7.27. The van der Waals surface area contributed by atoms with Gasteiger partial charge in [0.05, 0.1) is 11.6 Å². The number of nitrogens with zero attached hydrogens (tertiary/aromatic N) is 1. The zero-order valence-corrected chi connectivity index (χ0v) is 12.6. The molecule has 0 radical (unpaired) electrons. The van der Waals surface area contributed by atoms with Gasteiger partial charge in [0.2, 0.25) is 0 Å². The molecule has 0 aliphatic carbocycles. The molecule has 0 atom stereocenters. The third kappa shape index (κ3) is 4.83. The van der Waals surface area contributed by atoms with Crippen LogP contribution in [0.1, 0.15) is 36.1 Å². The first-order chi connectivity index (χ1) is 10.2. The van der Waals surface area contributed by atoms with E-state index in [2.05, 4.69) is 56.0 Å². The smallest absolute Gasteiger partial charge is 0.0991 e. The summed E-state index contributed by atoms with van der Waals surface area (Å²) in [6.07, 6.45) is 1.99. The van der Waals surface area contributed by atoms with Gasteiger partial charge in [-0.1, -0.05) is 50.0 Å². The van der Waals surface area contributed by atoms with Crippen molar-refractivity contribution >= 4 is 0 Å². The van der Waals surface area contributed by atoms with Crippen molar-refractivity contribution in [2.45, 2.75) is 26.7 Å². The highest BCUT2D eigenvalue weighted by Gasteiger charge is 1.97. The van der Waals surface area contributed by atoms with Crippen LogP contribution in [0.5, 0.6) is 0 Å². The summed E-state index contributed by atoms with van der Waals surface area (Å²) in [5, 5.41) is 8.78. The molecule has 1 nitrogen and oxygen atoms in total. The molecule has 0 bridgehead atoms. The standard InChI is InChI=1S/C20H19N/c1-16(2)3-4-17-5-7-18(8-6-17)9-10-19-11-13-20(15-21)14-12-19/h5-8,11-14,16H,9-10H2,1-2H3. The van der Waals surface area contributed by atoms with Crippen LogP contribution in [0, 0.1) is 29.1 Å². The van der Waals surface area contributed by atoms with Gasteiger partial charge in [0, 0.05) is 11.5 Å². The molecule has 0 saturated heterocycles. The predicted molar refractivity (Wildman–Crippen MR) is 86.7 cm³/mol. The molecule has 104 valence electrons. The topological polar surface area (TPSA) is 23.8 Å². The molecule has 1 heteroatoms. The lowest BCUT2D eigenvalue weighted by atomic mass is 10.0. The first kappa shape index (κ1) is 14.9. The van der Waals surface area contributed by atoms with Crippen molar-refractivity contribution in [2.24, 2.45) is 5.92 Å². The molecule has 0 aliphatic heterocycles. The van der Waals surface area contributed by atoms with Gasteiger partial charge in [-0.2, -0.15) is 5.26 Å². The Hall–Kier alpha value is -2.51. The average Bonchev–Trinajstić information content (AvgIpc) is 2.52. The molecule has 2 aromatic rings. The normalized spacial score (nSPS) is 9.81. The second-order valence-corrected chi connectivity index (χ2v) is 5.43. The average molecular weight is 273 g/mol. The summed E-state index contributed by atoms with van der Waals surface area (Å²) in [7, 11) is 0. The molecule has 0 unspecified atom stereocenters. The van der Waals surface area contributed by atoms with E-state index >= 15 is 0 Å². The maximum Gasteiger partial charge on any atom is 0.0991 e. The van der Waals surface area contributed by atoms with Gasteiger partial charge in [0.1, 0.15) is 0 Å². The van der Waals surface area contributed by atoms with E-state index in [0.29, 0.717) is 11.5 Å². The summed E-state index contributed by atoms with van der Waals surface area (Å²) < 4.78 is 0. The lowest BCUT2D eigenvalue weighted by molar-refractivity contribution is 0.866. The van der Waals surface area contributed by atoms with E-state index < -0.39 is 0 Å². The number of benzene rings is 2. The highest BCUT2D eigenvalue weighted by molar-refractivity contribution is 5.37. The van der Waals surface area contributed by atoms with Crippen molar-refractivity contribution in [3.8, 4) is 17.9 Å². The van der Waals surface area contributed by atoms with Gasteiger partial charge >= 0.3 is 0 Å². The van der Waals surface area contributed by atoms with Crippen molar-refractivity contribution in [3.63, 3.8) is 0 Å². The maximum atomic E-state index is 8.78. The van der Waals surface area contributed by atoms with Gasteiger partial charge in [-0.05, 0) is 48.2 Å². The van der Waals surface area contributed by atoms with E-state index in [0.717, 1.165) is 18.4 Å². The number of aryl methyl sites for hydroxylation is 2. The maximum absolute atomic E-state index is 8.78. The molecular formula is C20H19N. The highest BCUT2D eigenvalue weighted by Crippen LogP contribution is 2.10. The minimum Gasteiger partial charge on any atom is -0.192 e. The van der Waals surface area contributed by atoms with E-state index in [9.17, 15) is 0 Å². The first-order valence-corrected chi connectivity index (χ1v) is 7.27. The third-order valence-electron chi connectivity index (χ3n) is 3.24. The monoisotopic (exact) mass is 273 g/mol. The Morgan fingerprint density at radius 3 is 1.71 bits per heavy atom. The Morgan fingerprint density at radius 2 is 1.29 bits per heavy atom. The quantitative estimate of drug-likeness (QED) is 0.763. The molecule has 0 spiro atoms. The van der Waals surface area contributed by atoms with Crippen LogP contribution in [0.15, 0.2) is 48.5 Å². The minimum absolute atomic E-state index is 0.404. The number of nitriles is 1. The summed E-state index contributed by atoms with van der Waals surface area (Å²) in [5.41, 5.74) is 4.37. The van der Waals surface area contributed by atoms with Gasteiger partial charge in [0.25, 0.3) is 0 Å². The molecule has 2 rings (SSSR count). The van der Waals surface area contributed by atoms with Gasteiger partial charge in [-0.3, -0.25) is 0 Å². The predicted octanol–water partition coefficient (Wildman–Crippen LogP) is 4.35. The second kappa shape index (κ2) is 7.32. The number of hydrogen-bond donors (Lipinski definition) is 0. The molecule has 0 heterocycles. The Bertz CT molecular complexity index is 674. The molecule has 21 heavy (non-hydrogen) atoms. The summed E-state index contributed by atoms with van der Waals surface area (Å²) in [6, 6.07) is 18.4. The van der Waals surface area contributed by atoms with Crippen LogP contribution < -0.4 is 0 Å². The molecule has 0 aromatic heterocycles. The highest BCUT2D eigenvalue weighted by atomic mass is 14.2. The fourth-order valence-corrected chi connectivity index (χ4v) is 2.02. The lowest BCUT2D eigenvalue weighted by Crippen LogP contribution is -1.91. The van der Waals surface area contributed by atoms with E-state index in [1.54, 1.807) is 0 Å². The van der Waals surface area contributed by atoms with Crippen molar-refractivity contribution in [3.05, 3.63) is 70.8 Å². The molecule has 0 aliphatic rings. The van der Waals surface area contributed by atoms with Crippen LogP contribution in [-0.2, 0) is 12.8 Å². The van der Waals surface area contributed by atoms with E-state index in [1.807, 2.05) is 24.3 Å². The van der Waals surface area contributed by atoms with Crippen LogP contribution in [0.25, 0.3) is 0 Å². The van der Waals surface area contributed by atoms with Gasteiger partial charge in [0.15, 0.2) is 0 Å². The zero-order valence-electron chi connectivity index (χ0n) is 12.6. The van der Waals surface area contributed by atoms with Crippen molar-refractivity contribution < 1.29 is 0 Å². The Morgan fingerprint density at radius 1 is 0.810 bits per heavy atom. The number of hydrogen-bond acceptors (Lipinski definition) is 1. The Balaban J connectivity index is 1.94. The van der Waals surface area contributed by atoms with E-state index in [-0.39, 0.29) is 0 Å². The van der Waals surface area contributed by atoms with Crippen molar-refractivity contribution in [1.29, 1.82) is 5.26 Å². The summed E-state index contributed by atoms with van der Waals surface area (Å²) >= 11 is 0. The van der Waals surface area contributed by atoms with Crippen LogP contribution in [-0.4, -0.2) is 0 Å². The summed E-state index contributed by atoms with van der Waals surface area (Å²) in [5.74, 6) is 6.75. The van der Waals surface area contributed by atoms with Crippen molar-refractivity contribution in [1.82, 2.24) is 0 Å². The summed E-state index contributed by atoms with van der Waals surface area (Å²) in [6.45, 7) is 4.19. The lowest BCUT2D eigenvalue weighted by Gasteiger charge is -2.03. The van der Waals surface area contributed by atoms with Crippen molar-refractivity contribution in [2.75, 3.05) is 0 Å². The SMILES string of the molecule is CC(C)C#Cc1ccc(CCc2ccc(C#N)cc2)cc1. The largest absolute Gasteiger partial charge is 0.192 e. The Kier molecular flexibility index (Phi) is 5.19. The van der Waals surface area contributed by atoms with Crippen LogP contribution in [0.3, 0.4) is 0 Å². The fraction of sp³-hybridized carbons (Fsp3) is 0.250. The molecular weight excluding hydrogens is 254 g/mol. The van der Waals surface area contributed by atoms with Gasteiger partial charge < -0.3 is 0 Å². The molecule has 0 N–H and O–H groups in total. The van der Waals surface area contributed by atoms with Gasteiger partial charge in [-0.25, -0.2) is 0 Å².